The van der Waals surface area contributed by atoms with Crippen LogP contribution in [0.5, 0.6) is 17.2 Å². The molecule has 1 unspecified atom stereocenters. The van der Waals surface area contributed by atoms with Crippen LogP contribution in [0.3, 0.4) is 0 Å². The number of rotatable bonds is 13. The monoisotopic (exact) mass is 730 g/mol. The van der Waals surface area contributed by atoms with Crippen molar-refractivity contribution in [2.45, 2.75) is 10.1 Å². The van der Waals surface area contributed by atoms with E-state index in [9.17, 15) is 14.4 Å². The van der Waals surface area contributed by atoms with Crippen LogP contribution in [0, 0.1) is 0 Å². The Morgan fingerprint density at radius 2 is 1.46 bits per heavy atom. The molecule has 12 heteroatoms. The van der Waals surface area contributed by atoms with Crippen molar-refractivity contribution in [1.82, 2.24) is 10.3 Å². The molecule has 0 aliphatic rings. The van der Waals surface area contributed by atoms with Crippen LogP contribution in [-0.4, -0.2) is 44.0 Å². The second-order valence-electron chi connectivity index (χ2n) is 11.2. The molecule has 10 nitrogen and oxygen atoms in total. The topological polar surface area (TPSA) is 128 Å². The highest BCUT2D eigenvalue weighted by Gasteiger charge is 2.24. The number of hydrogen-bond donors (Lipinski definition) is 3. The van der Waals surface area contributed by atoms with Crippen molar-refractivity contribution in [1.29, 1.82) is 0 Å². The molecule has 0 saturated carbocycles. The number of hydrogen-bond acceptors (Lipinski definition) is 9. The number of aromatic nitrogens is 1. The molecule has 1 heterocycles. The van der Waals surface area contributed by atoms with E-state index in [1.165, 1.54) is 30.2 Å². The van der Waals surface area contributed by atoms with Gasteiger partial charge in [0.15, 0.2) is 5.13 Å². The Balaban J connectivity index is 1.25. The third kappa shape index (κ3) is 8.78. The van der Waals surface area contributed by atoms with E-state index in [1.807, 2.05) is 54.6 Å². The fraction of sp³-hybridized carbons (Fsp3) is 0.100. The van der Waals surface area contributed by atoms with Gasteiger partial charge >= 0.3 is 0 Å². The molecule has 0 radical (unpaired) electrons. The van der Waals surface area contributed by atoms with Gasteiger partial charge in [-0.25, -0.2) is 4.98 Å². The minimum absolute atomic E-state index is 0.00892. The third-order valence-corrected chi connectivity index (χ3v) is 9.96. The van der Waals surface area contributed by atoms with Gasteiger partial charge in [0, 0.05) is 27.8 Å². The van der Waals surface area contributed by atoms with E-state index < -0.39 is 17.1 Å². The highest BCUT2D eigenvalue weighted by Crippen LogP contribution is 2.38. The number of amides is 3. The zero-order valence-electron chi connectivity index (χ0n) is 28.4. The number of thiazole rings is 1. The van der Waals surface area contributed by atoms with Crippen LogP contribution in [0.1, 0.15) is 26.7 Å². The molecule has 0 saturated heterocycles. The second kappa shape index (κ2) is 16.7. The van der Waals surface area contributed by atoms with Gasteiger partial charge in [0.05, 0.1) is 31.5 Å². The molecule has 1 atom stereocenters. The highest BCUT2D eigenvalue weighted by atomic mass is 32.2. The van der Waals surface area contributed by atoms with Crippen molar-refractivity contribution in [2.75, 3.05) is 32.0 Å². The molecule has 262 valence electrons. The Kier molecular flexibility index (Phi) is 11.5. The van der Waals surface area contributed by atoms with Crippen LogP contribution in [0.25, 0.3) is 16.3 Å². The molecule has 5 aromatic carbocycles. The van der Waals surface area contributed by atoms with Crippen LogP contribution >= 0.6 is 23.1 Å². The van der Waals surface area contributed by atoms with Crippen LogP contribution < -0.4 is 30.2 Å². The van der Waals surface area contributed by atoms with Gasteiger partial charge in [-0.3, -0.25) is 14.4 Å². The van der Waals surface area contributed by atoms with Crippen molar-refractivity contribution in [3.63, 3.8) is 0 Å². The van der Waals surface area contributed by atoms with E-state index in [1.54, 1.807) is 87.0 Å². The summed E-state index contributed by atoms with van der Waals surface area (Å²) in [5, 5.41) is 8.49. The Bertz CT molecular complexity index is 2240. The number of nitrogens with zero attached hydrogens (tertiary/aromatic N) is 1. The molecule has 0 aliphatic carbocycles. The standard InChI is InChI=1S/C40H34N4O6S2/c1-48-29-18-17-27(34(23-29)50-3)21-33(42-37(45)26-13-8-5-9-14-26)38(46)41-28-15-10-16-31(22-28)51-36(25-11-6-4-7-12-25)39(47)44-40-43-32-20-19-30(49-2)24-35(32)52-40/h4-24,36H,1-3H3,(H,41,46)(H,42,45)(H,43,44,47)/b33-21+. The summed E-state index contributed by atoms with van der Waals surface area (Å²) < 4.78 is 17.1. The van der Waals surface area contributed by atoms with Crippen molar-refractivity contribution in [3.8, 4) is 17.2 Å². The Morgan fingerprint density at radius 3 is 2.19 bits per heavy atom. The summed E-state index contributed by atoms with van der Waals surface area (Å²) in [6, 6.07) is 35.9. The molecule has 0 spiro atoms. The van der Waals surface area contributed by atoms with Crippen molar-refractivity contribution in [2.24, 2.45) is 0 Å². The van der Waals surface area contributed by atoms with Crippen LogP contribution in [-0.2, 0) is 9.59 Å². The van der Waals surface area contributed by atoms with Gasteiger partial charge in [0.1, 0.15) is 28.2 Å². The summed E-state index contributed by atoms with van der Waals surface area (Å²) in [6.45, 7) is 0. The smallest absolute Gasteiger partial charge is 0.272 e. The highest BCUT2D eigenvalue weighted by molar-refractivity contribution is 8.00. The predicted molar refractivity (Wildman–Crippen MR) is 206 cm³/mol. The molecule has 0 bridgehead atoms. The fourth-order valence-electron chi connectivity index (χ4n) is 5.17. The lowest BCUT2D eigenvalue weighted by Gasteiger charge is -2.17. The number of methoxy groups -OCH3 is 3. The zero-order chi connectivity index (χ0) is 36.5. The molecule has 6 rings (SSSR count). The quantitative estimate of drug-likeness (QED) is 0.0802. The molecule has 0 fully saturated rings. The van der Waals surface area contributed by atoms with Gasteiger partial charge in [-0.1, -0.05) is 65.9 Å². The van der Waals surface area contributed by atoms with Crippen molar-refractivity contribution < 1.29 is 28.6 Å². The zero-order valence-corrected chi connectivity index (χ0v) is 30.0. The number of nitrogens with one attached hydrogen (secondary N) is 3. The van der Waals surface area contributed by atoms with Crippen LogP contribution in [0.15, 0.2) is 132 Å². The summed E-state index contributed by atoms with van der Waals surface area (Å²) in [5.41, 5.74) is 2.94. The summed E-state index contributed by atoms with van der Waals surface area (Å²) in [6.07, 6.45) is 1.54. The summed E-state index contributed by atoms with van der Waals surface area (Å²) in [4.78, 5) is 46.2. The molecular formula is C40H34N4O6S2. The number of fused-ring (bicyclic) bond motifs is 1. The first-order valence-corrected chi connectivity index (χ1v) is 17.7. The van der Waals surface area contributed by atoms with Gasteiger partial charge in [0.25, 0.3) is 11.8 Å². The first-order valence-electron chi connectivity index (χ1n) is 16.0. The number of thioether (sulfide) groups is 1. The van der Waals surface area contributed by atoms with E-state index in [4.69, 9.17) is 14.2 Å². The Hall–Kier alpha value is -6.11. The minimum Gasteiger partial charge on any atom is -0.497 e. The van der Waals surface area contributed by atoms with Gasteiger partial charge in [-0.2, -0.15) is 0 Å². The van der Waals surface area contributed by atoms with E-state index in [-0.39, 0.29) is 11.6 Å². The maximum absolute atomic E-state index is 13.8. The normalized spacial score (nSPS) is 11.7. The van der Waals surface area contributed by atoms with Crippen LogP contribution in [0.4, 0.5) is 10.8 Å². The minimum atomic E-state index is -0.642. The Labute approximate surface area is 308 Å². The first kappa shape index (κ1) is 35.7. The first-order chi connectivity index (χ1) is 25.3. The number of carbonyl (C=O) groups is 3. The van der Waals surface area contributed by atoms with E-state index in [0.717, 1.165) is 20.7 Å². The van der Waals surface area contributed by atoms with Gasteiger partial charge in [-0.15, -0.1) is 11.8 Å². The largest absolute Gasteiger partial charge is 0.497 e. The molecule has 6 aromatic rings. The Morgan fingerprint density at radius 1 is 0.750 bits per heavy atom. The molecule has 1 aromatic heterocycles. The SMILES string of the molecule is COc1ccc(/C=C(/NC(=O)c2ccccc2)C(=O)Nc2cccc(SC(C(=O)Nc3nc4ccc(OC)cc4s3)c3ccccc3)c2)c(OC)c1. The van der Waals surface area contributed by atoms with Gasteiger partial charge in [-0.05, 0) is 72.3 Å². The maximum atomic E-state index is 13.8. The lowest BCUT2D eigenvalue weighted by Crippen LogP contribution is -2.30. The summed E-state index contributed by atoms with van der Waals surface area (Å²) in [7, 11) is 4.66. The number of anilines is 2. The van der Waals surface area contributed by atoms with Crippen LogP contribution in [0.2, 0.25) is 0 Å². The number of ether oxygens (including phenoxy) is 3. The molecule has 52 heavy (non-hydrogen) atoms. The lowest BCUT2D eigenvalue weighted by molar-refractivity contribution is -0.116. The summed E-state index contributed by atoms with van der Waals surface area (Å²) in [5.74, 6) is 0.467. The van der Waals surface area contributed by atoms with E-state index in [2.05, 4.69) is 20.9 Å². The van der Waals surface area contributed by atoms with Gasteiger partial charge < -0.3 is 30.2 Å². The van der Waals surface area contributed by atoms with Crippen molar-refractivity contribution in [3.05, 3.63) is 144 Å². The third-order valence-electron chi connectivity index (χ3n) is 7.78. The second-order valence-corrected chi connectivity index (χ2v) is 13.4. The maximum Gasteiger partial charge on any atom is 0.272 e. The molecule has 3 N–H and O–H groups in total. The van der Waals surface area contributed by atoms with E-state index >= 15 is 0 Å². The molecular weight excluding hydrogens is 697 g/mol. The fourth-order valence-corrected chi connectivity index (χ4v) is 7.16. The number of benzene rings is 5. The average Bonchev–Trinajstić information content (AvgIpc) is 3.58. The number of carbonyl (C=O) groups excluding carboxylic acids is 3. The van der Waals surface area contributed by atoms with Crippen molar-refractivity contribution >= 4 is 67.9 Å². The lowest BCUT2D eigenvalue weighted by atomic mass is 10.1. The van der Waals surface area contributed by atoms with E-state index in [0.29, 0.717) is 39.2 Å². The average molecular weight is 731 g/mol. The molecule has 3 amide bonds. The predicted octanol–water partition coefficient (Wildman–Crippen LogP) is 8.20. The summed E-state index contributed by atoms with van der Waals surface area (Å²) >= 11 is 2.70. The van der Waals surface area contributed by atoms with Gasteiger partial charge in [0.2, 0.25) is 5.91 Å². The molecule has 0 aliphatic heterocycles.